The molecule has 0 saturated carbocycles. The Morgan fingerprint density at radius 3 is 2.23 bits per heavy atom. The maximum Gasteiger partial charge on any atom is 0.193 e. The summed E-state index contributed by atoms with van der Waals surface area (Å²) in [7, 11) is 0. The summed E-state index contributed by atoms with van der Waals surface area (Å²) in [5.74, 6) is -0.0772. The molecule has 4 nitrogen and oxygen atoms in total. The highest BCUT2D eigenvalue weighted by molar-refractivity contribution is 6.09. The van der Waals surface area contributed by atoms with Gasteiger partial charge in [0, 0.05) is 22.5 Å². The Hall–Kier alpha value is -3.37. The first-order valence-corrected chi connectivity index (χ1v) is 6.63. The summed E-state index contributed by atoms with van der Waals surface area (Å²) in [4.78, 5) is 12.4. The van der Waals surface area contributed by atoms with Gasteiger partial charge in [-0.25, -0.2) is 0 Å². The largest absolute Gasteiger partial charge is 0.357 e. The van der Waals surface area contributed by atoms with Crippen molar-refractivity contribution in [2.75, 3.05) is 5.32 Å². The second-order valence-corrected chi connectivity index (χ2v) is 4.62. The van der Waals surface area contributed by atoms with Crippen LogP contribution in [0, 0.1) is 22.7 Å². The van der Waals surface area contributed by atoms with Gasteiger partial charge >= 0.3 is 0 Å². The molecular weight excluding hydrogens is 274 g/mol. The van der Waals surface area contributed by atoms with E-state index in [2.05, 4.69) is 5.32 Å². The predicted molar refractivity (Wildman–Crippen MR) is 83.9 cm³/mol. The Morgan fingerprint density at radius 1 is 0.955 bits per heavy atom. The van der Waals surface area contributed by atoms with Crippen molar-refractivity contribution in [1.82, 2.24) is 0 Å². The van der Waals surface area contributed by atoms with Crippen LogP contribution in [0.1, 0.15) is 22.8 Å². The Morgan fingerprint density at radius 2 is 1.59 bits per heavy atom. The molecule has 0 radical (unpaired) electrons. The minimum atomic E-state index is -0.0772. The molecule has 0 aliphatic heterocycles. The maximum atomic E-state index is 12.4. The van der Waals surface area contributed by atoms with Crippen LogP contribution in [0.4, 0.5) is 5.69 Å². The number of allylic oxidation sites excluding steroid dienone is 2. The number of hydrogen-bond donors (Lipinski definition) is 1. The molecule has 22 heavy (non-hydrogen) atoms. The fourth-order valence-corrected chi connectivity index (χ4v) is 1.97. The molecule has 0 heterocycles. The normalized spacial score (nSPS) is 9.23. The molecular formula is C18H13N3O. The second-order valence-electron chi connectivity index (χ2n) is 4.62. The van der Waals surface area contributed by atoms with E-state index in [9.17, 15) is 4.79 Å². The van der Waals surface area contributed by atoms with Gasteiger partial charge in [0.25, 0.3) is 0 Å². The standard InChI is InChI=1S/C18H13N3O/c1-13(16(11-19)12-20)21-17-9-5-8-15(10-17)18(22)14-6-3-2-4-7-14/h2-10,21H,1H3. The van der Waals surface area contributed by atoms with Crippen LogP contribution in [-0.4, -0.2) is 5.78 Å². The van der Waals surface area contributed by atoms with Gasteiger partial charge in [-0.15, -0.1) is 0 Å². The van der Waals surface area contributed by atoms with Crippen molar-refractivity contribution in [1.29, 1.82) is 10.5 Å². The van der Waals surface area contributed by atoms with Crippen molar-refractivity contribution in [2.24, 2.45) is 0 Å². The third-order valence-corrected chi connectivity index (χ3v) is 3.09. The zero-order valence-electron chi connectivity index (χ0n) is 12.0. The molecule has 2 rings (SSSR count). The molecule has 4 heteroatoms. The molecule has 1 N–H and O–H groups in total. The first kappa shape index (κ1) is 15.0. The molecule has 0 atom stereocenters. The number of nitrogens with zero attached hydrogens (tertiary/aromatic N) is 2. The average Bonchev–Trinajstić information content (AvgIpc) is 2.56. The van der Waals surface area contributed by atoms with Gasteiger partial charge in [0.2, 0.25) is 0 Å². The van der Waals surface area contributed by atoms with E-state index < -0.39 is 0 Å². The summed E-state index contributed by atoms with van der Waals surface area (Å²) in [6.07, 6.45) is 0. The minimum Gasteiger partial charge on any atom is -0.357 e. The van der Waals surface area contributed by atoms with Crippen molar-refractivity contribution >= 4 is 11.5 Å². The monoisotopic (exact) mass is 287 g/mol. The summed E-state index contributed by atoms with van der Waals surface area (Å²) in [6, 6.07) is 19.6. The lowest BCUT2D eigenvalue weighted by molar-refractivity contribution is 0.103. The number of carbonyl (C=O) groups excluding carboxylic acids is 1. The van der Waals surface area contributed by atoms with Crippen molar-refractivity contribution in [2.45, 2.75) is 6.92 Å². The highest BCUT2D eigenvalue weighted by atomic mass is 16.1. The van der Waals surface area contributed by atoms with Gasteiger partial charge in [-0.05, 0) is 19.1 Å². The fourth-order valence-electron chi connectivity index (χ4n) is 1.97. The minimum absolute atomic E-state index is 0.0137. The molecule has 0 spiro atoms. The van der Waals surface area contributed by atoms with Crippen LogP contribution in [0.5, 0.6) is 0 Å². The number of carbonyl (C=O) groups is 1. The number of benzene rings is 2. The van der Waals surface area contributed by atoms with Gasteiger partial charge in [0.15, 0.2) is 5.78 Å². The number of ketones is 1. The van der Waals surface area contributed by atoms with E-state index in [1.54, 1.807) is 43.3 Å². The van der Waals surface area contributed by atoms with E-state index in [-0.39, 0.29) is 11.4 Å². The lowest BCUT2D eigenvalue weighted by Crippen LogP contribution is -2.03. The van der Waals surface area contributed by atoms with Gasteiger partial charge in [-0.1, -0.05) is 42.5 Å². The van der Waals surface area contributed by atoms with Crippen LogP contribution in [0.15, 0.2) is 65.9 Å². The Bertz CT molecular complexity index is 792. The van der Waals surface area contributed by atoms with E-state index in [1.165, 1.54) is 0 Å². The summed E-state index contributed by atoms with van der Waals surface area (Å²) in [5.41, 5.74) is 2.28. The zero-order valence-corrected chi connectivity index (χ0v) is 12.0. The highest BCUT2D eigenvalue weighted by Crippen LogP contribution is 2.17. The topological polar surface area (TPSA) is 76.7 Å². The van der Waals surface area contributed by atoms with Crippen LogP contribution < -0.4 is 5.32 Å². The fraction of sp³-hybridized carbons (Fsp3) is 0.0556. The van der Waals surface area contributed by atoms with Crippen LogP contribution in [0.25, 0.3) is 0 Å². The maximum absolute atomic E-state index is 12.4. The third kappa shape index (κ3) is 3.39. The van der Waals surface area contributed by atoms with Gasteiger partial charge in [0.1, 0.15) is 17.7 Å². The van der Waals surface area contributed by atoms with E-state index in [0.717, 1.165) is 0 Å². The number of rotatable bonds is 4. The van der Waals surface area contributed by atoms with Crippen molar-refractivity contribution in [3.8, 4) is 12.1 Å². The lowest BCUT2D eigenvalue weighted by Gasteiger charge is -2.08. The smallest absolute Gasteiger partial charge is 0.193 e. The molecule has 2 aromatic carbocycles. The Kier molecular flexibility index (Phi) is 4.70. The van der Waals surface area contributed by atoms with Crippen LogP contribution in [-0.2, 0) is 0 Å². The van der Waals surface area contributed by atoms with E-state index in [0.29, 0.717) is 22.5 Å². The molecule has 0 amide bonds. The van der Waals surface area contributed by atoms with Gasteiger partial charge in [0.05, 0.1) is 0 Å². The van der Waals surface area contributed by atoms with E-state index >= 15 is 0 Å². The Labute approximate surface area is 128 Å². The summed E-state index contributed by atoms with van der Waals surface area (Å²) >= 11 is 0. The number of anilines is 1. The van der Waals surface area contributed by atoms with E-state index in [4.69, 9.17) is 10.5 Å². The third-order valence-electron chi connectivity index (χ3n) is 3.09. The number of nitrogens with one attached hydrogen (secondary N) is 1. The van der Waals surface area contributed by atoms with Gasteiger partial charge < -0.3 is 5.32 Å². The van der Waals surface area contributed by atoms with Gasteiger partial charge in [-0.3, -0.25) is 4.79 Å². The van der Waals surface area contributed by atoms with Crippen LogP contribution >= 0.6 is 0 Å². The van der Waals surface area contributed by atoms with Gasteiger partial charge in [-0.2, -0.15) is 10.5 Å². The second kappa shape index (κ2) is 6.88. The molecule has 0 unspecified atom stereocenters. The van der Waals surface area contributed by atoms with Crippen LogP contribution in [0.3, 0.4) is 0 Å². The molecule has 0 bridgehead atoms. The van der Waals surface area contributed by atoms with Crippen molar-refractivity contribution in [3.05, 3.63) is 77.0 Å². The summed E-state index contributed by atoms with van der Waals surface area (Å²) in [6.45, 7) is 1.65. The molecule has 0 fully saturated rings. The zero-order chi connectivity index (χ0) is 15.9. The quantitative estimate of drug-likeness (QED) is 0.687. The molecule has 0 saturated heterocycles. The van der Waals surface area contributed by atoms with Crippen molar-refractivity contribution in [3.63, 3.8) is 0 Å². The first-order valence-electron chi connectivity index (χ1n) is 6.63. The lowest BCUT2D eigenvalue weighted by atomic mass is 10.0. The number of nitriles is 2. The molecule has 0 aliphatic rings. The molecule has 2 aromatic rings. The van der Waals surface area contributed by atoms with E-state index in [1.807, 2.05) is 30.3 Å². The number of hydrogen-bond acceptors (Lipinski definition) is 4. The Balaban J connectivity index is 2.29. The summed E-state index contributed by atoms with van der Waals surface area (Å²) < 4.78 is 0. The van der Waals surface area contributed by atoms with Crippen molar-refractivity contribution < 1.29 is 4.79 Å². The average molecular weight is 287 g/mol. The SMILES string of the molecule is CC(Nc1cccc(C(=O)c2ccccc2)c1)=C(C#N)C#N. The molecule has 0 aliphatic carbocycles. The summed E-state index contributed by atoms with van der Waals surface area (Å²) in [5, 5.41) is 20.7. The predicted octanol–water partition coefficient (Wildman–Crippen LogP) is 3.65. The molecule has 0 aromatic heterocycles. The van der Waals surface area contributed by atoms with Crippen LogP contribution in [0.2, 0.25) is 0 Å². The highest BCUT2D eigenvalue weighted by Gasteiger charge is 2.09. The first-order chi connectivity index (χ1) is 10.7. The molecule has 106 valence electrons.